The van der Waals surface area contributed by atoms with Crippen molar-refractivity contribution in [3.8, 4) is 5.69 Å². The first-order valence-corrected chi connectivity index (χ1v) is 11.1. The number of nitrogens with zero attached hydrogens (tertiary/aromatic N) is 1. The third-order valence-electron chi connectivity index (χ3n) is 5.48. The molecule has 0 atom stereocenters. The monoisotopic (exact) mass is 472 g/mol. The molecule has 34 heavy (non-hydrogen) atoms. The highest BCUT2D eigenvalue weighted by molar-refractivity contribution is 7.71. The zero-order valence-electron chi connectivity index (χ0n) is 19.0. The first-order valence-electron chi connectivity index (χ1n) is 10.7. The number of hydrogen-bond acceptors (Lipinski definition) is 4. The van der Waals surface area contributed by atoms with E-state index in [9.17, 15) is 14.4 Å². The van der Waals surface area contributed by atoms with Gasteiger partial charge in [0.1, 0.15) is 0 Å². The summed E-state index contributed by atoms with van der Waals surface area (Å²) < 4.78 is 1.62. The van der Waals surface area contributed by atoms with Gasteiger partial charge in [-0.3, -0.25) is 29.8 Å². The molecule has 0 fully saturated rings. The molecule has 8 heteroatoms. The zero-order chi connectivity index (χ0) is 24.5. The van der Waals surface area contributed by atoms with E-state index in [2.05, 4.69) is 36.6 Å². The first kappa shape index (κ1) is 23.1. The number of aromatic nitrogens is 2. The maximum absolute atomic E-state index is 13.0. The minimum absolute atomic E-state index is 0.0223. The number of hydrazine groups is 1. The van der Waals surface area contributed by atoms with Gasteiger partial charge in [0, 0.05) is 11.1 Å². The Morgan fingerprint density at radius 2 is 1.44 bits per heavy atom. The summed E-state index contributed by atoms with van der Waals surface area (Å²) in [7, 11) is 0. The SMILES string of the molecule is CC(C)(C)c1ccc(C(=O)NNC(=O)c2ccc3c(=O)n(-c4ccccc4)c(=S)[nH]c3c2)cc1. The van der Waals surface area contributed by atoms with Gasteiger partial charge in [-0.1, -0.05) is 51.1 Å². The minimum atomic E-state index is -0.520. The molecular weight excluding hydrogens is 448 g/mol. The number of aromatic amines is 1. The van der Waals surface area contributed by atoms with Crippen LogP contribution < -0.4 is 16.4 Å². The van der Waals surface area contributed by atoms with Gasteiger partial charge in [0.15, 0.2) is 4.77 Å². The van der Waals surface area contributed by atoms with Crippen molar-refractivity contribution in [2.45, 2.75) is 26.2 Å². The van der Waals surface area contributed by atoms with Crippen LogP contribution in [0.1, 0.15) is 47.1 Å². The lowest BCUT2D eigenvalue weighted by atomic mass is 9.87. The van der Waals surface area contributed by atoms with E-state index in [0.29, 0.717) is 22.2 Å². The van der Waals surface area contributed by atoms with Crippen LogP contribution in [0.2, 0.25) is 0 Å². The summed E-state index contributed by atoms with van der Waals surface area (Å²) >= 11 is 5.38. The number of para-hydroxylation sites is 1. The first-order chi connectivity index (χ1) is 16.1. The van der Waals surface area contributed by atoms with Gasteiger partial charge in [0.05, 0.1) is 16.6 Å². The Kier molecular flexibility index (Phi) is 6.17. The summed E-state index contributed by atoms with van der Waals surface area (Å²) in [6, 6.07) is 20.9. The molecule has 3 N–H and O–H groups in total. The van der Waals surface area contributed by atoms with Crippen molar-refractivity contribution in [1.29, 1.82) is 0 Å². The van der Waals surface area contributed by atoms with Crippen LogP contribution in [0.15, 0.2) is 77.6 Å². The zero-order valence-corrected chi connectivity index (χ0v) is 19.8. The number of carbonyl (C=O) groups excluding carboxylic acids is 2. The van der Waals surface area contributed by atoms with Crippen LogP contribution in [-0.4, -0.2) is 21.4 Å². The number of amides is 2. The van der Waals surface area contributed by atoms with Crippen molar-refractivity contribution in [3.63, 3.8) is 0 Å². The molecule has 0 radical (unpaired) electrons. The van der Waals surface area contributed by atoms with E-state index < -0.39 is 11.8 Å². The molecule has 0 bridgehead atoms. The Hall–Kier alpha value is -4.04. The van der Waals surface area contributed by atoms with Gasteiger partial charge in [-0.25, -0.2) is 0 Å². The normalized spacial score (nSPS) is 11.3. The highest BCUT2D eigenvalue weighted by Gasteiger charge is 2.15. The number of fused-ring (bicyclic) bond motifs is 1. The Morgan fingerprint density at radius 3 is 2.06 bits per heavy atom. The number of rotatable bonds is 3. The molecule has 4 aromatic rings. The molecule has 1 heterocycles. The van der Waals surface area contributed by atoms with Gasteiger partial charge in [-0.2, -0.15) is 0 Å². The lowest BCUT2D eigenvalue weighted by molar-refractivity contribution is 0.0846. The van der Waals surface area contributed by atoms with Gasteiger partial charge in [-0.15, -0.1) is 0 Å². The molecule has 0 aliphatic carbocycles. The molecule has 0 saturated carbocycles. The van der Waals surface area contributed by atoms with Crippen LogP contribution in [0, 0.1) is 4.77 Å². The second kappa shape index (κ2) is 9.07. The minimum Gasteiger partial charge on any atom is -0.331 e. The molecule has 2 amide bonds. The number of nitrogens with one attached hydrogen (secondary N) is 3. The highest BCUT2D eigenvalue weighted by Crippen LogP contribution is 2.22. The summed E-state index contributed by atoms with van der Waals surface area (Å²) in [4.78, 5) is 41.1. The van der Waals surface area contributed by atoms with E-state index in [4.69, 9.17) is 12.2 Å². The molecule has 7 nitrogen and oxygen atoms in total. The highest BCUT2D eigenvalue weighted by atomic mass is 32.1. The molecule has 0 unspecified atom stereocenters. The second-order valence-electron chi connectivity index (χ2n) is 8.90. The van der Waals surface area contributed by atoms with Crippen molar-refractivity contribution in [2.75, 3.05) is 0 Å². The van der Waals surface area contributed by atoms with E-state index in [1.54, 1.807) is 30.3 Å². The molecule has 172 valence electrons. The quantitative estimate of drug-likeness (QED) is 0.304. The van der Waals surface area contributed by atoms with Gasteiger partial charge >= 0.3 is 0 Å². The Labute approximate surface area is 201 Å². The van der Waals surface area contributed by atoms with Crippen LogP contribution in [-0.2, 0) is 5.41 Å². The fourth-order valence-corrected chi connectivity index (χ4v) is 3.85. The van der Waals surface area contributed by atoms with Gasteiger partial charge in [0.2, 0.25) is 0 Å². The lowest BCUT2D eigenvalue weighted by Crippen LogP contribution is -2.41. The molecule has 1 aromatic heterocycles. The summed E-state index contributed by atoms with van der Waals surface area (Å²) in [5.74, 6) is -0.951. The smallest absolute Gasteiger partial charge is 0.269 e. The third kappa shape index (κ3) is 4.67. The van der Waals surface area contributed by atoms with E-state index in [1.807, 2.05) is 30.3 Å². The van der Waals surface area contributed by atoms with E-state index in [0.717, 1.165) is 5.56 Å². The van der Waals surface area contributed by atoms with Crippen LogP contribution in [0.3, 0.4) is 0 Å². The van der Waals surface area contributed by atoms with Gasteiger partial charge < -0.3 is 4.98 Å². The van der Waals surface area contributed by atoms with Gasteiger partial charge in [0.25, 0.3) is 17.4 Å². The fourth-order valence-electron chi connectivity index (χ4n) is 3.55. The summed E-state index contributed by atoms with van der Waals surface area (Å²) in [5.41, 5.74) is 7.40. The van der Waals surface area contributed by atoms with Crippen LogP contribution >= 0.6 is 12.2 Å². The predicted octanol–water partition coefficient (Wildman–Crippen LogP) is 4.42. The van der Waals surface area contributed by atoms with Crippen molar-refractivity contribution >= 4 is 34.9 Å². The second-order valence-corrected chi connectivity index (χ2v) is 9.29. The maximum Gasteiger partial charge on any atom is 0.269 e. The lowest BCUT2D eigenvalue weighted by Gasteiger charge is -2.19. The summed E-state index contributed by atoms with van der Waals surface area (Å²) in [5, 5.41) is 0.386. The van der Waals surface area contributed by atoms with Crippen molar-refractivity contribution in [2.24, 2.45) is 0 Å². The van der Waals surface area contributed by atoms with Crippen molar-refractivity contribution in [1.82, 2.24) is 20.4 Å². The molecule has 3 aromatic carbocycles. The predicted molar refractivity (Wildman–Crippen MR) is 135 cm³/mol. The Bertz CT molecular complexity index is 1500. The Balaban J connectivity index is 1.52. The topological polar surface area (TPSA) is 96.0 Å². The van der Waals surface area contributed by atoms with Crippen molar-refractivity contribution in [3.05, 3.63) is 105 Å². The largest absolute Gasteiger partial charge is 0.331 e. The molecular formula is C26H24N4O3S. The van der Waals surface area contributed by atoms with E-state index >= 15 is 0 Å². The van der Waals surface area contributed by atoms with Crippen LogP contribution in [0.25, 0.3) is 16.6 Å². The fraction of sp³-hybridized carbons (Fsp3) is 0.154. The van der Waals surface area contributed by atoms with Crippen LogP contribution in [0.5, 0.6) is 0 Å². The number of H-pyrrole nitrogens is 1. The molecule has 4 rings (SSSR count). The summed E-state index contributed by atoms with van der Waals surface area (Å²) in [6.07, 6.45) is 0. The van der Waals surface area contributed by atoms with E-state index in [1.165, 1.54) is 16.7 Å². The average Bonchev–Trinajstić information content (AvgIpc) is 2.82. The molecule has 0 aliphatic heterocycles. The third-order valence-corrected chi connectivity index (χ3v) is 5.76. The number of benzene rings is 3. The van der Waals surface area contributed by atoms with Crippen LogP contribution in [0.4, 0.5) is 0 Å². The maximum atomic E-state index is 13.0. The molecule has 0 aliphatic rings. The standard InChI is InChI=1S/C26H24N4O3S/c1-26(2,3)18-12-9-16(10-13-18)22(31)28-29-23(32)17-11-14-20-21(15-17)27-25(34)30(24(20)33)19-7-5-4-6-8-19/h4-15H,1-3H3,(H,27,34)(H,28,31)(H,29,32). The Morgan fingerprint density at radius 1 is 0.853 bits per heavy atom. The van der Waals surface area contributed by atoms with Crippen molar-refractivity contribution < 1.29 is 9.59 Å². The summed E-state index contributed by atoms with van der Waals surface area (Å²) in [6.45, 7) is 6.28. The number of carbonyl (C=O) groups is 2. The van der Waals surface area contributed by atoms with E-state index in [-0.39, 0.29) is 21.3 Å². The number of hydrogen-bond donors (Lipinski definition) is 3. The van der Waals surface area contributed by atoms with Gasteiger partial charge in [-0.05, 0) is 65.7 Å². The molecule has 0 spiro atoms. The average molecular weight is 473 g/mol. The molecule has 0 saturated heterocycles.